The van der Waals surface area contributed by atoms with Crippen LogP contribution in [0, 0.1) is 11.3 Å². The highest BCUT2D eigenvalue weighted by molar-refractivity contribution is 5.85. The molecule has 2 aliphatic rings. The molecule has 2 fully saturated rings. The van der Waals surface area contributed by atoms with E-state index in [9.17, 15) is 4.79 Å². The molecule has 0 saturated carbocycles. The lowest BCUT2D eigenvalue weighted by molar-refractivity contribution is -0.141. The Hall–Kier alpha value is -0.0300. The second-order valence-corrected chi connectivity index (χ2v) is 6.49. The summed E-state index contributed by atoms with van der Waals surface area (Å²) in [7, 11) is 4.26. The molecule has 4 nitrogen and oxygen atoms in total. The van der Waals surface area contributed by atoms with Gasteiger partial charge in [-0.15, -0.1) is 24.8 Å². The number of amides is 1. The van der Waals surface area contributed by atoms with Crippen LogP contribution in [0.15, 0.2) is 0 Å². The molecule has 6 heteroatoms. The Balaban J connectivity index is 0.00000180. The normalized spacial score (nSPS) is 27.1. The summed E-state index contributed by atoms with van der Waals surface area (Å²) in [5, 5.41) is 3.31. The van der Waals surface area contributed by atoms with Gasteiger partial charge in [0.1, 0.15) is 0 Å². The van der Waals surface area contributed by atoms with E-state index in [-0.39, 0.29) is 30.2 Å². The quantitative estimate of drug-likeness (QED) is 0.856. The van der Waals surface area contributed by atoms with Crippen LogP contribution in [0.25, 0.3) is 0 Å². The van der Waals surface area contributed by atoms with Gasteiger partial charge in [0.15, 0.2) is 0 Å². The van der Waals surface area contributed by atoms with Crippen LogP contribution in [-0.2, 0) is 4.79 Å². The zero-order chi connectivity index (χ0) is 13.2. The third-order valence-electron chi connectivity index (χ3n) is 4.41. The lowest BCUT2D eigenvalue weighted by Gasteiger charge is -2.37. The van der Waals surface area contributed by atoms with Crippen LogP contribution >= 0.6 is 24.8 Å². The van der Waals surface area contributed by atoms with Crippen molar-refractivity contribution < 1.29 is 4.79 Å². The lowest BCUT2D eigenvalue weighted by Crippen LogP contribution is -2.47. The second kappa shape index (κ2) is 8.42. The van der Waals surface area contributed by atoms with Crippen LogP contribution in [0.5, 0.6) is 0 Å². The molecule has 0 bridgehead atoms. The van der Waals surface area contributed by atoms with Gasteiger partial charge in [-0.1, -0.05) is 0 Å². The van der Waals surface area contributed by atoms with Crippen molar-refractivity contribution in [1.82, 2.24) is 15.1 Å². The Bertz CT molecular complexity index is 299. The number of piperidine rings is 1. The average molecular weight is 326 g/mol. The van der Waals surface area contributed by atoms with Crippen molar-refractivity contribution in [1.29, 1.82) is 0 Å². The molecule has 0 aromatic heterocycles. The summed E-state index contributed by atoms with van der Waals surface area (Å²) in [5.41, 5.74) is -0.144. The Morgan fingerprint density at radius 3 is 2.35 bits per heavy atom. The monoisotopic (exact) mass is 325 g/mol. The van der Waals surface area contributed by atoms with Crippen molar-refractivity contribution in [2.45, 2.75) is 26.2 Å². The minimum absolute atomic E-state index is 0. The maximum absolute atomic E-state index is 12.5. The molecule has 1 amide bonds. The van der Waals surface area contributed by atoms with E-state index in [2.05, 4.69) is 36.1 Å². The Morgan fingerprint density at radius 1 is 1.30 bits per heavy atom. The molecule has 1 unspecified atom stereocenters. The molecular formula is C14H29Cl2N3O. The van der Waals surface area contributed by atoms with Crippen molar-refractivity contribution in [3.8, 4) is 0 Å². The summed E-state index contributed by atoms with van der Waals surface area (Å²) in [5.74, 6) is 1.13. The second-order valence-electron chi connectivity index (χ2n) is 6.49. The number of hydrogen-bond acceptors (Lipinski definition) is 3. The van der Waals surface area contributed by atoms with Gasteiger partial charge in [-0.2, -0.15) is 0 Å². The Labute approximate surface area is 135 Å². The number of carbonyl (C=O) groups excluding carboxylic acids is 1. The molecule has 0 radical (unpaired) electrons. The molecule has 0 spiro atoms. The standard InChI is InChI=1S/C14H27N3O.2ClH/c1-14(6-7-15-11-14)13(18)17-8-4-12(5-9-17)10-16(2)3;;/h12,15H,4-11H2,1-3H3;2*1H. The molecule has 0 aromatic carbocycles. The molecule has 1 atom stereocenters. The highest BCUT2D eigenvalue weighted by atomic mass is 35.5. The largest absolute Gasteiger partial charge is 0.342 e. The van der Waals surface area contributed by atoms with Crippen LogP contribution in [0.2, 0.25) is 0 Å². The van der Waals surface area contributed by atoms with Crippen molar-refractivity contribution in [3.63, 3.8) is 0 Å². The van der Waals surface area contributed by atoms with Gasteiger partial charge >= 0.3 is 0 Å². The predicted molar refractivity (Wildman–Crippen MR) is 87.9 cm³/mol. The number of rotatable bonds is 3. The third kappa shape index (κ3) is 4.76. The molecule has 20 heavy (non-hydrogen) atoms. The van der Waals surface area contributed by atoms with Gasteiger partial charge in [0.2, 0.25) is 5.91 Å². The van der Waals surface area contributed by atoms with Gasteiger partial charge in [-0.25, -0.2) is 0 Å². The van der Waals surface area contributed by atoms with E-state index in [1.54, 1.807) is 0 Å². The van der Waals surface area contributed by atoms with Crippen molar-refractivity contribution >= 4 is 30.7 Å². The smallest absolute Gasteiger partial charge is 0.229 e. The van der Waals surface area contributed by atoms with Gasteiger partial charge in [-0.3, -0.25) is 4.79 Å². The predicted octanol–water partition coefficient (Wildman–Crippen LogP) is 1.63. The fourth-order valence-corrected chi connectivity index (χ4v) is 3.22. The molecule has 0 aliphatic carbocycles. The maximum atomic E-state index is 12.5. The van der Waals surface area contributed by atoms with E-state index in [1.165, 1.54) is 0 Å². The van der Waals surface area contributed by atoms with Gasteiger partial charge in [0, 0.05) is 26.2 Å². The van der Waals surface area contributed by atoms with Gasteiger partial charge in [0.05, 0.1) is 5.41 Å². The van der Waals surface area contributed by atoms with Crippen LogP contribution in [-0.4, -0.2) is 62.5 Å². The molecule has 2 saturated heterocycles. The maximum Gasteiger partial charge on any atom is 0.229 e. The minimum Gasteiger partial charge on any atom is -0.342 e. The minimum atomic E-state index is -0.144. The average Bonchev–Trinajstić information content (AvgIpc) is 2.77. The molecular weight excluding hydrogens is 297 g/mol. The first-order chi connectivity index (χ1) is 8.51. The molecule has 120 valence electrons. The summed E-state index contributed by atoms with van der Waals surface area (Å²) >= 11 is 0. The van der Waals surface area contributed by atoms with E-state index in [0.29, 0.717) is 5.91 Å². The summed E-state index contributed by atoms with van der Waals surface area (Å²) in [4.78, 5) is 16.9. The van der Waals surface area contributed by atoms with E-state index < -0.39 is 0 Å². The first-order valence-corrected chi connectivity index (χ1v) is 7.16. The van der Waals surface area contributed by atoms with Gasteiger partial charge < -0.3 is 15.1 Å². The Kier molecular flexibility index (Phi) is 8.41. The summed E-state index contributed by atoms with van der Waals surface area (Å²) in [6.45, 7) is 7.00. The zero-order valence-corrected chi connectivity index (χ0v) is 14.5. The fourth-order valence-electron chi connectivity index (χ4n) is 3.22. The number of nitrogens with zero attached hydrogens (tertiary/aromatic N) is 2. The van der Waals surface area contributed by atoms with E-state index in [4.69, 9.17) is 0 Å². The first kappa shape index (κ1) is 20.0. The summed E-state index contributed by atoms with van der Waals surface area (Å²) < 4.78 is 0. The number of carbonyl (C=O) groups is 1. The van der Waals surface area contributed by atoms with Crippen LogP contribution < -0.4 is 5.32 Å². The fraction of sp³-hybridized carbons (Fsp3) is 0.929. The highest BCUT2D eigenvalue weighted by Crippen LogP contribution is 2.29. The van der Waals surface area contributed by atoms with Crippen LogP contribution in [0.3, 0.4) is 0 Å². The zero-order valence-electron chi connectivity index (χ0n) is 12.9. The first-order valence-electron chi connectivity index (χ1n) is 7.16. The van der Waals surface area contributed by atoms with E-state index in [0.717, 1.165) is 57.9 Å². The number of hydrogen-bond donors (Lipinski definition) is 1. The number of likely N-dealkylation sites (tertiary alicyclic amines) is 1. The SMILES string of the molecule is CN(C)CC1CCN(C(=O)C2(C)CCNC2)CC1.Cl.Cl. The van der Waals surface area contributed by atoms with Crippen molar-refractivity contribution in [2.75, 3.05) is 46.8 Å². The summed E-state index contributed by atoms with van der Waals surface area (Å²) in [6.07, 6.45) is 3.31. The van der Waals surface area contributed by atoms with E-state index in [1.807, 2.05) is 0 Å². The molecule has 0 aromatic rings. The molecule has 2 heterocycles. The van der Waals surface area contributed by atoms with Crippen LogP contribution in [0.4, 0.5) is 0 Å². The lowest BCUT2D eigenvalue weighted by atomic mass is 9.86. The van der Waals surface area contributed by atoms with Gasteiger partial charge in [-0.05, 0) is 52.7 Å². The van der Waals surface area contributed by atoms with Gasteiger partial charge in [0.25, 0.3) is 0 Å². The number of nitrogens with one attached hydrogen (secondary N) is 1. The molecule has 2 aliphatic heterocycles. The number of halogens is 2. The molecule has 2 rings (SSSR count). The highest BCUT2D eigenvalue weighted by Gasteiger charge is 2.40. The van der Waals surface area contributed by atoms with Crippen molar-refractivity contribution in [3.05, 3.63) is 0 Å². The topological polar surface area (TPSA) is 35.6 Å². The Morgan fingerprint density at radius 2 is 1.90 bits per heavy atom. The van der Waals surface area contributed by atoms with Crippen molar-refractivity contribution in [2.24, 2.45) is 11.3 Å². The van der Waals surface area contributed by atoms with Crippen LogP contribution in [0.1, 0.15) is 26.2 Å². The molecule has 1 N–H and O–H groups in total. The summed E-state index contributed by atoms with van der Waals surface area (Å²) in [6, 6.07) is 0. The third-order valence-corrected chi connectivity index (χ3v) is 4.41. The van der Waals surface area contributed by atoms with E-state index >= 15 is 0 Å².